The van der Waals surface area contributed by atoms with Gasteiger partial charge in [-0.2, -0.15) is 0 Å². The SMILES string of the molecule is COCCN(CCOC)C(=O)CC(N)c1ccccc1. The third-order valence-electron chi connectivity index (χ3n) is 3.11. The van der Waals surface area contributed by atoms with E-state index in [9.17, 15) is 4.79 Å². The van der Waals surface area contributed by atoms with Crippen LogP contribution in [0.4, 0.5) is 0 Å². The molecule has 5 nitrogen and oxygen atoms in total. The number of carbonyl (C=O) groups is 1. The normalized spacial score (nSPS) is 12.2. The Morgan fingerprint density at radius 3 is 2.20 bits per heavy atom. The second-order valence-electron chi connectivity index (χ2n) is 4.59. The summed E-state index contributed by atoms with van der Waals surface area (Å²) in [5.41, 5.74) is 7.05. The van der Waals surface area contributed by atoms with Gasteiger partial charge in [0.25, 0.3) is 0 Å². The molecule has 0 spiro atoms. The fraction of sp³-hybridized carbons (Fsp3) is 0.533. The number of ether oxygens (including phenoxy) is 2. The molecule has 1 amide bonds. The first kappa shape index (κ1) is 16.6. The maximum atomic E-state index is 12.3. The number of amides is 1. The number of nitrogens with zero attached hydrogens (tertiary/aromatic N) is 1. The van der Waals surface area contributed by atoms with Gasteiger partial charge in [0, 0.05) is 39.8 Å². The Kier molecular flexibility index (Phi) is 7.87. The van der Waals surface area contributed by atoms with Crippen molar-refractivity contribution < 1.29 is 14.3 Å². The van der Waals surface area contributed by atoms with Crippen LogP contribution >= 0.6 is 0 Å². The zero-order valence-electron chi connectivity index (χ0n) is 12.2. The number of hydrogen-bond acceptors (Lipinski definition) is 4. The van der Waals surface area contributed by atoms with Gasteiger partial charge in [-0.3, -0.25) is 4.79 Å². The lowest BCUT2D eigenvalue weighted by Gasteiger charge is -2.23. The fourth-order valence-electron chi connectivity index (χ4n) is 1.90. The molecule has 5 heteroatoms. The summed E-state index contributed by atoms with van der Waals surface area (Å²) in [5.74, 6) is 0.0236. The maximum Gasteiger partial charge on any atom is 0.224 e. The molecular formula is C15H24N2O3. The van der Waals surface area contributed by atoms with E-state index in [0.717, 1.165) is 5.56 Å². The van der Waals surface area contributed by atoms with Gasteiger partial charge in [-0.05, 0) is 5.56 Å². The molecule has 1 rings (SSSR count). The van der Waals surface area contributed by atoms with Crippen molar-refractivity contribution in [2.75, 3.05) is 40.5 Å². The molecule has 1 atom stereocenters. The van der Waals surface area contributed by atoms with Crippen LogP contribution in [-0.4, -0.2) is 51.3 Å². The van der Waals surface area contributed by atoms with Gasteiger partial charge >= 0.3 is 0 Å². The van der Waals surface area contributed by atoms with Crippen molar-refractivity contribution in [2.24, 2.45) is 5.73 Å². The highest BCUT2D eigenvalue weighted by Gasteiger charge is 2.17. The first-order chi connectivity index (χ1) is 9.69. The fourth-order valence-corrected chi connectivity index (χ4v) is 1.90. The summed E-state index contributed by atoms with van der Waals surface area (Å²) in [6, 6.07) is 9.37. The van der Waals surface area contributed by atoms with E-state index in [2.05, 4.69) is 0 Å². The highest BCUT2D eigenvalue weighted by Crippen LogP contribution is 2.14. The summed E-state index contributed by atoms with van der Waals surface area (Å²) in [6.45, 7) is 2.13. The average molecular weight is 280 g/mol. The number of benzene rings is 1. The third-order valence-corrected chi connectivity index (χ3v) is 3.11. The molecule has 20 heavy (non-hydrogen) atoms. The lowest BCUT2D eigenvalue weighted by molar-refractivity contribution is -0.132. The maximum absolute atomic E-state index is 12.3. The van der Waals surface area contributed by atoms with Crippen LogP contribution in [0.1, 0.15) is 18.0 Å². The van der Waals surface area contributed by atoms with Gasteiger partial charge in [-0.1, -0.05) is 30.3 Å². The zero-order valence-corrected chi connectivity index (χ0v) is 12.2. The standard InChI is InChI=1S/C15H24N2O3/c1-19-10-8-17(9-11-20-2)15(18)12-14(16)13-6-4-3-5-7-13/h3-7,14H,8-12,16H2,1-2H3. The van der Waals surface area contributed by atoms with Crippen LogP contribution in [0.5, 0.6) is 0 Å². The average Bonchev–Trinajstić information content (AvgIpc) is 2.48. The van der Waals surface area contributed by atoms with Crippen LogP contribution in [0.2, 0.25) is 0 Å². The molecular weight excluding hydrogens is 256 g/mol. The van der Waals surface area contributed by atoms with Crippen molar-refractivity contribution in [2.45, 2.75) is 12.5 Å². The summed E-state index contributed by atoms with van der Waals surface area (Å²) in [5, 5.41) is 0. The van der Waals surface area contributed by atoms with Crippen LogP contribution in [0.3, 0.4) is 0 Å². The van der Waals surface area contributed by atoms with Crippen molar-refractivity contribution in [3.8, 4) is 0 Å². The first-order valence-corrected chi connectivity index (χ1v) is 6.75. The van der Waals surface area contributed by atoms with Crippen molar-refractivity contribution in [3.63, 3.8) is 0 Å². The van der Waals surface area contributed by atoms with E-state index in [1.165, 1.54) is 0 Å². The van der Waals surface area contributed by atoms with Crippen LogP contribution in [0.25, 0.3) is 0 Å². The summed E-state index contributed by atoms with van der Waals surface area (Å²) in [4.78, 5) is 14.0. The van der Waals surface area contributed by atoms with Crippen LogP contribution in [0, 0.1) is 0 Å². The second kappa shape index (κ2) is 9.47. The highest BCUT2D eigenvalue weighted by molar-refractivity contribution is 5.77. The van der Waals surface area contributed by atoms with E-state index in [1.807, 2.05) is 30.3 Å². The van der Waals surface area contributed by atoms with Gasteiger partial charge in [0.1, 0.15) is 0 Å². The van der Waals surface area contributed by atoms with Gasteiger partial charge in [-0.25, -0.2) is 0 Å². The van der Waals surface area contributed by atoms with Crippen LogP contribution in [-0.2, 0) is 14.3 Å². The minimum absolute atomic E-state index is 0.0236. The summed E-state index contributed by atoms with van der Waals surface area (Å²) in [6.07, 6.45) is 0.289. The summed E-state index contributed by atoms with van der Waals surface area (Å²) >= 11 is 0. The van der Waals surface area contributed by atoms with Gasteiger partial charge in [0.2, 0.25) is 5.91 Å². The molecule has 0 heterocycles. The van der Waals surface area contributed by atoms with Crippen molar-refractivity contribution in [3.05, 3.63) is 35.9 Å². The lowest BCUT2D eigenvalue weighted by Crippen LogP contribution is -2.38. The molecule has 0 saturated carbocycles. The highest BCUT2D eigenvalue weighted by atomic mass is 16.5. The summed E-state index contributed by atoms with van der Waals surface area (Å²) in [7, 11) is 3.24. The molecule has 0 aromatic heterocycles. The first-order valence-electron chi connectivity index (χ1n) is 6.75. The van der Waals surface area contributed by atoms with E-state index in [-0.39, 0.29) is 18.4 Å². The molecule has 1 aromatic rings. The number of carbonyl (C=O) groups excluding carboxylic acids is 1. The Balaban J connectivity index is 2.55. The molecule has 0 bridgehead atoms. The van der Waals surface area contributed by atoms with Crippen LogP contribution < -0.4 is 5.73 Å². The Bertz CT molecular complexity index is 376. The predicted molar refractivity (Wildman–Crippen MR) is 78.3 cm³/mol. The van der Waals surface area contributed by atoms with Gasteiger partial charge < -0.3 is 20.1 Å². The van der Waals surface area contributed by atoms with E-state index in [4.69, 9.17) is 15.2 Å². The Hall–Kier alpha value is -1.43. The van der Waals surface area contributed by atoms with Gasteiger partial charge in [0.15, 0.2) is 0 Å². The van der Waals surface area contributed by atoms with Gasteiger partial charge in [-0.15, -0.1) is 0 Å². The van der Waals surface area contributed by atoms with E-state index in [1.54, 1.807) is 19.1 Å². The third kappa shape index (κ3) is 5.69. The monoisotopic (exact) mass is 280 g/mol. The molecule has 0 fully saturated rings. The number of nitrogens with two attached hydrogens (primary N) is 1. The molecule has 2 N–H and O–H groups in total. The van der Waals surface area contributed by atoms with E-state index in [0.29, 0.717) is 26.3 Å². The Labute approximate surface area is 120 Å². The second-order valence-corrected chi connectivity index (χ2v) is 4.59. The summed E-state index contributed by atoms with van der Waals surface area (Å²) < 4.78 is 10.1. The molecule has 0 aliphatic carbocycles. The lowest BCUT2D eigenvalue weighted by atomic mass is 10.0. The quantitative estimate of drug-likeness (QED) is 0.738. The minimum atomic E-state index is -0.281. The number of rotatable bonds is 9. The molecule has 1 unspecified atom stereocenters. The zero-order chi connectivity index (χ0) is 14.8. The van der Waals surface area contributed by atoms with Crippen molar-refractivity contribution in [1.29, 1.82) is 0 Å². The Morgan fingerprint density at radius 2 is 1.70 bits per heavy atom. The molecule has 112 valence electrons. The van der Waals surface area contributed by atoms with E-state index >= 15 is 0 Å². The molecule has 0 radical (unpaired) electrons. The largest absolute Gasteiger partial charge is 0.383 e. The van der Waals surface area contributed by atoms with Gasteiger partial charge in [0.05, 0.1) is 13.2 Å². The molecule has 0 saturated heterocycles. The molecule has 0 aliphatic heterocycles. The Morgan fingerprint density at radius 1 is 1.15 bits per heavy atom. The smallest absolute Gasteiger partial charge is 0.224 e. The van der Waals surface area contributed by atoms with E-state index < -0.39 is 0 Å². The number of methoxy groups -OCH3 is 2. The van der Waals surface area contributed by atoms with Crippen LogP contribution in [0.15, 0.2) is 30.3 Å². The number of hydrogen-bond donors (Lipinski definition) is 1. The molecule has 0 aliphatic rings. The minimum Gasteiger partial charge on any atom is -0.383 e. The van der Waals surface area contributed by atoms with Crippen molar-refractivity contribution >= 4 is 5.91 Å². The molecule has 1 aromatic carbocycles. The predicted octanol–water partition coefficient (Wildman–Crippen LogP) is 1.20. The van der Waals surface area contributed by atoms with Crippen molar-refractivity contribution in [1.82, 2.24) is 4.90 Å². The topological polar surface area (TPSA) is 64.8 Å².